The number of hydrogen-bond donors (Lipinski definition) is 0. The lowest BCUT2D eigenvalue weighted by molar-refractivity contribution is 0.645. The first-order valence-electron chi connectivity index (χ1n) is 10.8. The Bertz CT molecular complexity index is 1540. The van der Waals surface area contributed by atoms with Crippen LogP contribution >= 0.6 is 0 Å². The maximum Gasteiger partial charge on any atom is 0.247 e. The van der Waals surface area contributed by atoms with Crippen molar-refractivity contribution >= 4 is 44.9 Å². The molecular formula is C28H22BN. The molecule has 1 aromatic heterocycles. The summed E-state index contributed by atoms with van der Waals surface area (Å²) in [6.07, 6.45) is 0. The van der Waals surface area contributed by atoms with E-state index in [1.165, 1.54) is 60.6 Å². The van der Waals surface area contributed by atoms with Crippen LogP contribution in [0.2, 0.25) is 0 Å². The molecule has 4 aromatic carbocycles. The van der Waals surface area contributed by atoms with Gasteiger partial charge in [-0.2, -0.15) is 0 Å². The minimum Gasteiger partial charge on any atom is -0.310 e. The van der Waals surface area contributed by atoms with Crippen molar-refractivity contribution in [2.75, 3.05) is 0 Å². The van der Waals surface area contributed by atoms with Crippen LogP contribution in [0.25, 0.3) is 27.5 Å². The van der Waals surface area contributed by atoms with Crippen LogP contribution in [-0.4, -0.2) is 11.3 Å². The van der Waals surface area contributed by atoms with Crippen LogP contribution in [0, 0.1) is 6.92 Å². The second-order valence-corrected chi connectivity index (χ2v) is 9.48. The summed E-state index contributed by atoms with van der Waals surface area (Å²) in [5.74, 6) is 0. The van der Waals surface area contributed by atoms with Crippen molar-refractivity contribution in [1.82, 2.24) is 4.57 Å². The molecular weight excluding hydrogens is 361 g/mol. The van der Waals surface area contributed by atoms with Crippen molar-refractivity contribution in [2.24, 2.45) is 0 Å². The molecule has 0 radical (unpaired) electrons. The Morgan fingerprint density at radius 2 is 1.50 bits per heavy atom. The van der Waals surface area contributed by atoms with Crippen molar-refractivity contribution in [1.29, 1.82) is 0 Å². The fourth-order valence-electron chi connectivity index (χ4n) is 6.23. The van der Waals surface area contributed by atoms with Gasteiger partial charge in [0.1, 0.15) is 0 Å². The van der Waals surface area contributed by atoms with E-state index in [-0.39, 0.29) is 5.41 Å². The molecule has 0 saturated carbocycles. The van der Waals surface area contributed by atoms with E-state index in [1.54, 1.807) is 0 Å². The van der Waals surface area contributed by atoms with Gasteiger partial charge < -0.3 is 4.57 Å². The number of benzene rings is 4. The molecule has 0 aliphatic carbocycles. The number of nitrogens with zero attached hydrogens (tertiary/aromatic N) is 1. The van der Waals surface area contributed by atoms with Gasteiger partial charge in [0.25, 0.3) is 0 Å². The first-order valence-corrected chi connectivity index (χ1v) is 10.8. The highest BCUT2D eigenvalue weighted by molar-refractivity contribution is 6.99. The lowest BCUT2D eigenvalue weighted by Crippen LogP contribution is -2.63. The van der Waals surface area contributed by atoms with Crippen LogP contribution in [0.4, 0.5) is 0 Å². The molecule has 0 amide bonds. The molecule has 0 N–H and O–H groups in total. The Balaban J connectivity index is 1.76. The topological polar surface area (TPSA) is 4.93 Å². The lowest BCUT2D eigenvalue weighted by atomic mass is 9.30. The summed E-state index contributed by atoms with van der Waals surface area (Å²) in [7, 11) is 0. The van der Waals surface area contributed by atoms with E-state index < -0.39 is 0 Å². The summed E-state index contributed by atoms with van der Waals surface area (Å²) in [6, 6.07) is 29.8. The zero-order valence-corrected chi connectivity index (χ0v) is 17.5. The third kappa shape index (κ3) is 1.77. The van der Waals surface area contributed by atoms with Gasteiger partial charge in [0.2, 0.25) is 6.71 Å². The minimum atomic E-state index is -0.0105. The molecule has 30 heavy (non-hydrogen) atoms. The normalized spacial score (nSPS) is 15.4. The van der Waals surface area contributed by atoms with Gasteiger partial charge in [0.15, 0.2) is 0 Å². The Morgan fingerprint density at radius 3 is 2.40 bits per heavy atom. The first kappa shape index (κ1) is 16.5. The van der Waals surface area contributed by atoms with Gasteiger partial charge in [-0.3, -0.25) is 0 Å². The van der Waals surface area contributed by atoms with Crippen LogP contribution in [-0.2, 0) is 5.41 Å². The fourth-order valence-corrected chi connectivity index (χ4v) is 6.23. The third-order valence-corrected chi connectivity index (χ3v) is 7.52. The third-order valence-electron chi connectivity index (χ3n) is 7.52. The Labute approximate surface area is 177 Å². The Morgan fingerprint density at radius 1 is 0.733 bits per heavy atom. The quantitative estimate of drug-likeness (QED) is 0.339. The highest BCUT2D eigenvalue weighted by Crippen LogP contribution is 2.39. The molecule has 0 fully saturated rings. The van der Waals surface area contributed by atoms with Gasteiger partial charge >= 0.3 is 0 Å². The van der Waals surface area contributed by atoms with Crippen molar-refractivity contribution in [3.8, 4) is 5.69 Å². The summed E-state index contributed by atoms with van der Waals surface area (Å²) >= 11 is 0. The average molecular weight is 383 g/mol. The molecule has 0 saturated heterocycles. The van der Waals surface area contributed by atoms with E-state index in [0.29, 0.717) is 6.71 Å². The molecule has 0 spiro atoms. The van der Waals surface area contributed by atoms with Crippen molar-refractivity contribution in [3.05, 3.63) is 95.6 Å². The number of rotatable bonds is 0. The predicted molar refractivity (Wildman–Crippen MR) is 129 cm³/mol. The van der Waals surface area contributed by atoms with Crippen LogP contribution in [0.3, 0.4) is 0 Å². The van der Waals surface area contributed by atoms with Gasteiger partial charge in [0.05, 0.1) is 5.52 Å². The Kier molecular flexibility index (Phi) is 2.90. The summed E-state index contributed by atoms with van der Waals surface area (Å²) in [6.45, 7) is 7.24. The van der Waals surface area contributed by atoms with Crippen LogP contribution in [0.5, 0.6) is 0 Å². The molecule has 1 nitrogen and oxygen atoms in total. The van der Waals surface area contributed by atoms with E-state index in [4.69, 9.17) is 0 Å². The summed E-state index contributed by atoms with van der Waals surface area (Å²) in [5.41, 5.74) is 12.6. The number of hydrogen-bond acceptors (Lipinski definition) is 0. The van der Waals surface area contributed by atoms with Gasteiger partial charge in [0, 0.05) is 27.4 Å². The molecule has 0 unspecified atom stereocenters. The standard InChI is InChI=1S/C28H22BN/c1-17-14-15-24-19(16-17)18-8-6-12-23-27(18)30(24)25-13-7-10-21-26(25)29(23)22-11-5-4-9-20(22)28(21,2)3/h4-16H,1-3H3. The molecule has 7 rings (SSSR count). The van der Waals surface area contributed by atoms with E-state index in [9.17, 15) is 0 Å². The van der Waals surface area contributed by atoms with E-state index >= 15 is 0 Å². The van der Waals surface area contributed by atoms with E-state index in [0.717, 1.165) is 0 Å². The number of aryl methyl sites for hydroxylation is 1. The predicted octanol–water partition coefficient (Wildman–Crippen LogP) is 4.56. The number of aromatic nitrogens is 1. The van der Waals surface area contributed by atoms with Crippen LogP contribution in [0.1, 0.15) is 30.5 Å². The van der Waals surface area contributed by atoms with Gasteiger partial charge in [-0.15, -0.1) is 0 Å². The van der Waals surface area contributed by atoms with Crippen LogP contribution < -0.4 is 16.4 Å². The minimum absolute atomic E-state index is 0.0105. The van der Waals surface area contributed by atoms with Crippen LogP contribution in [0.15, 0.2) is 78.9 Å². The molecule has 3 heterocycles. The molecule has 5 aromatic rings. The molecule has 0 atom stereocenters. The number of para-hydroxylation sites is 1. The molecule has 2 aliphatic rings. The highest BCUT2D eigenvalue weighted by Gasteiger charge is 2.44. The summed E-state index contributed by atoms with van der Waals surface area (Å²) in [5, 5.41) is 2.72. The van der Waals surface area contributed by atoms with E-state index in [2.05, 4.69) is 104 Å². The zero-order chi connectivity index (χ0) is 20.2. The van der Waals surface area contributed by atoms with E-state index in [1.807, 2.05) is 0 Å². The smallest absolute Gasteiger partial charge is 0.247 e. The SMILES string of the molecule is Cc1ccc2c(c1)c1cccc3c1n2-c1cccc2c1B3c1ccccc1C2(C)C. The average Bonchev–Trinajstić information content (AvgIpc) is 3.08. The van der Waals surface area contributed by atoms with Gasteiger partial charge in [-0.25, -0.2) is 0 Å². The molecule has 0 bridgehead atoms. The molecule has 142 valence electrons. The lowest BCUT2D eigenvalue weighted by Gasteiger charge is -2.41. The second kappa shape index (κ2) is 5.26. The Hall–Kier alpha value is -3.26. The molecule has 2 aliphatic heterocycles. The fraction of sp³-hybridized carbons (Fsp3) is 0.143. The van der Waals surface area contributed by atoms with Crippen molar-refractivity contribution < 1.29 is 0 Å². The summed E-state index contributed by atoms with van der Waals surface area (Å²) < 4.78 is 2.53. The monoisotopic (exact) mass is 383 g/mol. The maximum atomic E-state index is 2.53. The highest BCUT2D eigenvalue weighted by atomic mass is 15.0. The first-order chi connectivity index (χ1) is 14.6. The summed E-state index contributed by atoms with van der Waals surface area (Å²) in [4.78, 5) is 0. The number of fused-ring (bicyclic) bond motifs is 7. The van der Waals surface area contributed by atoms with Crippen molar-refractivity contribution in [2.45, 2.75) is 26.2 Å². The molecule has 2 heteroatoms. The van der Waals surface area contributed by atoms with Gasteiger partial charge in [-0.05, 0) is 47.2 Å². The van der Waals surface area contributed by atoms with Crippen molar-refractivity contribution in [3.63, 3.8) is 0 Å². The maximum absolute atomic E-state index is 2.53. The van der Waals surface area contributed by atoms with Gasteiger partial charge in [-0.1, -0.05) is 85.5 Å². The zero-order valence-electron chi connectivity index (χ0n) is 17.5. The largest absolute Gasteiger partial charge is 0.310 e. The second-order valence-electron chi connectivity index (χ2n) is 9.48.